The number of guanidine groups is 1. The third kappa shape index (κ3) is 7.39. The Bertz CT molecular complexity index is 960. The van der Waals surface area contributed by atoms with Crippen LogP contribution in [0.15, 0.2) is 53.9 Å². The van der Waals surface area contributed by atoms with Gasteiger partial charge in [-0.1, -0.05) is 13.0 Å². The van der Waals surface area contributed by atoms with Gasteiger partial charge in [-0.05, 0) is 36.8 Å². The highest BCUT2D eigenvalue weighted by Gasteiger charge is 2.08. The van der Waals surface area contributed by atoms with E-state index in [-0.39, 0.29) is 24.0 Å². The Labute approximate surface area is 199 Å². The highest BCUT2D eigenvalue weighted by atomic mass is 127. The number of hydrogen-bond acceptors (Lipinski definition) is 6. The van der Waals surface area contributed by atoms with Gasteiger partial charge in [0.15, 0.2) is 5.96 Å². The second-order valence-electron chi connectivity index (χ2n) is 6.47. The van der Waals surface area contributed by atoms with Gasteiger partial charge in [-0.25, -0.2) is 9.97 Å². The molecule has 0 aliphatic rings. The van der Waals surface area contributed by atoms with Crippen LogP contribution in [-0.4, -0.2) is 39.4 Å². The molecule has 0 bridgehead atoms. The van der Waals surface area contributed by atoms with Gasteiger partial charge in [0.05, 0.1) is 13.2 Å². The van der Waals surface area contributed by atoms with E-state index in [4.69, 9.17) is 9.47 Å². The summed E-state index contributed by atoms with van der Waals surface area (Å²) in [6.45, 7) is 3.79. The third-order valence-electron chi connectivity index (χ3n) is 4.25. The number of rotatable bonds is 9. The van der Waals surface area contributed by atoms with Crippen molar-refractivity contribution in [3.63, 3.8) is 0 Å². The Hall–Kier alpha value is -2.89. The first kappa shape index (κ1) is 24.4. The van der Waals surface area contributed by atoms with E-state index in [1.54, 1.807) is 17.9 Å². The molecule has 0 spiro atoms. The minimum absolute atomic E-state index is 0. The van der Waals surface area contributed by atoms with Crippen LogP contribution < -0.4 is 20.1 Å². The molecule has 0 saturated heterocycles. The molecule has 31 heavy (non-hydrogen) atoms. The van der Waals surface area contributed by atoms with Gasteiger partial charge in [-0.2, -0.15) is 5.10 Å². The fourth-order valence-electron chi connectivity index (χ4n) is 2.63. The highest BCUT2D eigenvalue weighted by Crippen LogP contribution is 2.25. The Kier molecular flexibility index (Phi) is 10.0. The number of nitrogens with zero attached hydrogens (tertiary/aromatic N) is 5. The summed E-state index contributed by atoms with van der Waals surface area (Å²) in [6, 6.07) is 11.4. The zero-order valence-corrected chi connectivity index (χ0v) is 20.2. The van der Waals surface area contributed by atoms with Crippen LogP contribution in [0, 0.1) is 0 Å². The minimum atomic E-state index is 0. The van der Waals surface area contributed by atoms with Crippen molar-refractivity contribution in [2.75, 3.05) is 13.7 Å². The van der Waals surface area contributed by atoms with Gasteiger partial charge in [-0.3, -0.25) is 9.67 Å². The number of nitrogens with one attached hydrogen (secondary N) is 2. The lowest BCUT2D eigenvalue weighted by Crippen LogP contribution is -2.37. The molecule has 2 aromatic heterocycles. The van der Waals surface area contributed by atoms with Crippen molar-refractivity contribution < 1.29 is 9.47 Å². The van der Waals surface area contributed by atoms with Gasteiger partial charge < -0.3 is 20.1 Å². The van der Waals surface area contributed by atoms with E-state index in [1.807, 2.05) is 43.4 Å². The van der Waals surface area contributed by atoms with Crippen LogP contribution in [0.1, 0.15) is 24.7 Å². The Balaban J connectivity index is 0.00000341. The summed E-state index contributed by atoms with van der Waals surface area (Å²) in [7, 11) is 3.57. The van der Waals surface area contributed by atoms with E-state index < -0.39 is 0 Å². The monoisotopic (exact) mass is 537 g/mol. The van der Waals surface area contributed by atoms with Crippen molar-refractivity contribution in [2.24, 2.45) is 12.0 Å². The summed E-state index contributed by atoms with van der Waals surface area (Å²) in [5.41, 5.74) is 0.908. The molecule has 0 unspecified atom stereocenters. The molecule has 0 aliphatic carbocycles. The molecule has 3 rings (SSSR count). The average Bonchev–Trinajstić information content (AvgIpc) is 3.19. The number of aromatic nitrogens is 4. The first-order valence-electron chi connectivity index (χ1n) is 9.81. The van der Waals surface area contributed by atoms with Crippen molar-refractivity contribution in [1.82, 2.24) is 30.4 Å². The largest absolute Gasteiger partial charge is 0.494 e. The second-order valence-corrected chi connectivity index (χ2v) is 6.47. The number of ether oxygens (including phenoxy) is 2. The number of hydrogen-bond donors (Lipinski definition) is 2. The van der Waals surface area contributed by atoms with Crippen LogP contribution in [0.3, 0.4) is 0 Å². The highest BCUT2D eigenvalue weighted by molar-refractivity contribution is 14.0. The number of aliphatic imine (C=N–C) groups is 1. The zero-order chi connectivity index (χ0) is 21.2. The zero-order valence-electron chi connectivity index (χ0n) is 17.9. The predicted molar refractivity (Wildman–Crippen MR) is 130 cm³/mol. The molecule has 2 N–H and O–H groups in total. The van der Waals surface area contributed by atoms with Gasteiger partial charge in [-0.15, -0.1) is 24.0 Å². The van der Waals surface area contributed by atoms with Crippen LogP contribution in [0.2, 0.25) is 0 Å². The lowest BCUT2D eigenvalue weighted by molar-refractivity contribution is 0.317. The molecule has 0 atom stereocenters. The summed E-state index contributed by atoms with van der Waals surface area (Å²) in [4.78, 5) is 12.8. The molecule has 0 fully saturated rings. The number of aryl methyl sites for hydroxylation is 1. The number of pyridine rings is 1. The average molecular weight is 537 g/mol. The van der Waals surface area contributed by atoms with Crippen molar-refractivity contribution >= 4 is 29.9 Å². The maximum atomic E-state index is 5.98. The molecule has 166 valence electrons. The smallest absolute Gasteiger partial charge is 0.224 e. The minimum Gasteiger partial charge on any atom is -0.494 e. The van der Waals surface area contributed by atoms with E-state index in [0.717, 1.165) is 23.6 Å². The number of benzene rings is 1. The van der Waals surface area contributed by atoms with E-state index in [1.165, 1.54) is 6.33 Å². The molecule has 0 radical (unpaired) electrons. The Morgan fingerprint density at radius 3 is 2.48 bits per heavy atom. The van der Waals surface area contributed by atoms with Gasteiger partial charge in [0.2, 0.25) is 5.88 Å². The van der Waals surface area contributed by atoms with Gasteiger partial charge in [0.25, 0.3) is 0 Å². The Morgan fingerprint density at radius 2 is 1.81 bits per heavy atom. The molecule has 2 heterocycles. The molecular weight excluding hydrogens is 509 g/mol. The summed E-state index contributed by atoms with van der Waals surface area (Å²) in [5.74, 6) is 3.52. The first-order chi connectivity index (χ1) is 14.7. The maximum Gasteiger partial charge on any atom is 0.224 e. The number of halogens is 1. The lowest BCUT2D eigenvalue weighted by atomic mass is 10.2. The lowest BCUT2D eigenvalue weighted by Gasteiger charge is -2.14. The second kappa shape index (κ2) is 12.7. The summed E-state index contributed by atoms with van der Waals surface area (Å²) in [6.07, 6.45) is 4.20. The standard InChI is InChI=1S/C21H27N7O2.HI/c1-4-12-29-17-7-9-18(10-8-17)30-20-16(6-5-11-23-20)13-24-21(22-2)25-14-19-26-15-27-28(19)3;/h5-11,15H,4,12-14H2,1-3H3,(H2,22,24,25);1H. The molecular formula is C21H28IN7O2. The molecule has 0 amide bonds. The van der Waals surface area contributed by atoms with Crippen LogP contribution in [0.5, 0.6) is 17.4 Å². The van der Waals surface area contributed by atoms with Gasteiger partial charge in [0, 0.05) is 32.4 Å². The molecule has 0 aliphatic heterocycles. The summed E-state index contributed by atoms with van der Waals surface area (Å²) in [5, 5.41) is 10.5. The van der Waals surface area contributed by atoms with E-state index >= 15 is 0 Å². The van der Waals surface area contributed by atoms with Crippen LogP contribution in [0.25, 0.3) is 0 Å². The molecule has 10 heteroatoms. The first-order valence-corrected chi connectivity index (χ1v) is 9.81. The third-order valence-corrected chi connectivity index (χ3v) is 4.25. The van der Waals surface area contributed by atoms with Crippen LogP contribution in [0.4, 0.5) is 0 Å². The van der Waals surface area contributed by atoms with Crippen LogP contribution in [-0.2, 0) is 20.1 Å². The van der Waals surface area contributed by atoms with Crippen molar-refractivity contribution in [2.45, 2.75) is 26.4 Å². The van der Waals surface area contributed by atoms with E-state index in [9.17, 15) is 0 Å². The van der Waals surface area contributed by atoms with E-state index in [0.29, 0.717) is 37.3 Å². The molecule has 9 nitrogen and oxygen atoms in total. The quantitative estimate of drug-likeness (QED) is 0.246. The Morgan fingerprint density at radius 1 is 1.06 bits per heavy atom. The SMILES string of the molecule is CCCOc1ccc(Oc2ncccc2CNC(=NC)NCc2ncnn2C)cc1.I. The maximum absolute atomic E-state index is 5.98. The fourth-order valence-corrected chi connectivity index (χ4v) is 2.63. The molecule has 0 saturated carbocycles. The topological polar surface area (TPSA) is 98.5 Å². The summed E-state index contributed by atoms with van der Waals surface area (Å²) < 4.78 is 13.3. The van der Waals surface area contributed by atoms with Crippen molar-refractivity contribution in [1.29, 1.82) is 0 Å². The van der Waals surface area contributed by atoms with Crippen molar-refractivity contribution in [3.05, 3.63) is 60.3 Å². The van der Waals surface area contributed by atoms with Crippen LogP contribution >= 0.6 is 24.0 Å². The molecule has 3 aromatic rings. The molecule has 1 aromatic carbocycles. The normalized spacial score (nSPS) is 10.9. The van der Waals surface area contributed by atoms with Crippen molar-refractivity contribution in [3.8, 4) is 17.4 Å². The predicted octanol–water partition coefficient (Wildman–Crippen LogP) is 3.27. The summed E-state index contributed by atoms with van der Waals surface area (Å²) >= 11 is 0. The van der Waals surface area contributed by atoms with E-state index in [2.05, 4.69) is 37.6 Å². The van der Waals surface area contributed by atoms with Gasteiger partial charge in [0.1, 0.15) is 23.7 Å². The van der Waals surface area contributed by atoms with Gasteiger partial charge >= 0.3 is 0 Å². The fraction of sp³-hybridized carbons (Fsp3) is 0.333.